The molecule has 0 atom stereocenters. The summed E-state index contributed by atoms with van der Waals surface area (Å²) < 4.78 is 5.42. The van der Waals surface area contributed by atoms with Gasteiger partial charge in [-0.1, -0.05) is 55.8 Å². The smallest absolute Gasteiger partial charge is 0.283 e. The zero-order valence-corrected chi connectivity index (χ0v) is 22.6. The number of benzene rings is 3. The first-order valence-corrected chi connectivity index (χ1v) is 12.8. The van der Waals surface area contributed by atoms with Gasteiger partial charge in [0.25, 0.3) is 11.8 Å². The van der Waals surface area contributed by atoms with Gasteiger partial charge in [-0.2, -0.15) is 0 Å². The predicted octanol–water partition coefficient (Wildman–Crippen LogP) is 6.13. The minimum Gasteiger partial charge on any atom is -0.494 e. The Balaban J connectivity index is 1.42. The second kappa shape index (κ2) is 11.5. The van der Waals surface area contributed by atoms with Crippen LogP contribution in [0.15, 0.2) is 77.5 Å². The summed E-state index contributed by atoms with van der Waals surface area (Å²) in [5.74, 6) is -0.344. The van der Waals surface area contributed by atoms with Gasteiger partial charge in [0.05, 0.1) is 18.7 Å². The van der Waals surface area contributed by atoms with Crippen molar-refractivity contribution in [2.24, 2.45) is 0 Å². The van der Waals surface area contributed by atoms with Crippen molar-refractivity contribution in [3.63, 3.8) is 0 Å². The predicted molar refractivity (Wildman–Crippen MR) is 151 cm³/mol. The van der Waals surface area contributed by atoms with Crippen LogP contribution in [0.25, 0.3) is 0 Å². The molecule has 0 unspecified atom stereocenters. The van der Waals surface area contributed by atoms with E-state index in [2.05, 4.69) is 24.5 Å². The van der Waals surface area contributed by atoms with Crippen molar-refractivity contribution in [2.45, 2.75) is 40.0 Å². The fraction of sp³-hybridized carbons (Fsp3) is 0.233. The zero-order valence-electron chi connectivity index (χ0n) is 21.8. The van der Waals surface area contributed by atoms with Gasteiger partial charge in [-0.25, -0.2) is 4.90 Å². The molecule has 1 aliphatic heterocycles. The zero-order chi connectivity index (χ0) is 27.4. The summed E-state index contributed by atoms with van der Waals surface area (Å²) in [4.78, 5) is 39.6. The van der Waals surface area contributed by atoms with Gasteiger partial charge in [-0.05, 0) is 72.9 Å². The summed E-state index contributed by atoms with van der Waals surface area (Å²) in [7, 11) is 0. The summed E-state index contributed by atoms with van der Waals surface area (Å²) in [6.07, 6.45) is 0.193. The molecule has 196 valence electrons. The van der Waals surface area contributed by atoms with E-state index in [1.807, 2.05) is 32.0 Å². The van der Waals surface area contributed by atoms with E-state index in [-0.39, 0.29) is 29.0 Å². The van der Waals surface area contributed by atoms with Crippen molar-refractivity contribution in [2.75, 3.05) is 22.1 Å². The molecule has 1 aliphatic rings. The van der Waals surface area contributed by atoms with E-state index in [1.165, 1.54) is 0 Å². The van der Waals surface area contributed by atoms with E-state index in [0.29, 0.717) is 23.7 Å². The minimum absolute atomic E-state index is 0.00295. The average molecular weight is 532 g/mol. The number of imide groups is 1. The average Bonchev–Trinajstić information content (AvgIpc) is 3.10. The minimum atomic E-state index is -0.603. The van der Waals surface area contributed by atoms with Crippen molar-refractivity contribution < 1.29 is 19.1 Å². The fourth-order valence-corrected chi connectivity index (χ4v) is 4.48. The van der Waals surface area contributed by atoms with Gasteiger partial charge >= 0.3 is 0 Å². The van der Waals surface area contributed by atoms with Crippen molar-refractivity contribution in [3.8, 4) is 5.75 Å². The molecule has 0 spiro atoms. The number of aryl methyl sites for hydroxylation is 1. The van der Waals surface area contributed by atoms with Crippen LogP contribution in [0.4, 0.5) is 17.1 Å². The van der Waals surface area contributed by atoms with Crippen molar-refractivity contribution >= 4 is 46.4 Å². The molecule has 8 heteroatoms. The van der Waals surface area contributed by atoms with E-state index in [4.69, 9.17) is 16.3 Å². The lowest BCUT2D eigenvalue weighted by molar-refractivity contribution is -0.120. The number of nitrogens with zero attached hydrogens (tertiary/aromatic N) is 1. The number of halogens is 1. The second-order valence-corrected chi connectivity index (χ2v) is 9.68. The van der Waals surface area contributed by atoms with Crippen LogP contribution in [0, 0.1) is 6.92 Å². The molecule has 3 aromatic carbocycles. The van der Waals surface area contributed by atoms with Crippen molar-refractivity contribution in [1.29, 1.82) is 0 Å². The molecule has 0 saturated carbocycles. The van der Waals surface area contributed by atoms with Gasteiger partial charge in [0.1, 0.15) is 16.5 Å². The van der Waals surface area contributed by atoms with Crippen LogP contribution in [0.3, 0.4) is 0 Å². The third-order valence-electron chi connectivity index (χ3n) is 6.21. The van der Waals surface area contributed by atoms with Crippen LogP contribution >= 0.6 is 11.6 Å². The molecule has 2 N–H and O–H groups in total. The highest BCUT2D eigenvalue weighted by Crippen LogP contribution is 2.31. The van der Waals surface area contributed by atoms with Gasteiger partial charge in [0.15, 0.2) is 0 Å². The number of rotatable bonds is 9. The Morgan fingerprint density at radius 3 is 2.29 bits per heavy atom. The molecule has 7 nitrogen and oxygen atoms in total. The summed E-state index contributed by atoms with van der Waals surface area (Å²) in [5, 5.41) is 5.83. The number of hydrogen-bond acceptors (Lipinski definition) is 5. The summed E-state index contributed by atoms with van der Waals surface area (Å²) >= 11 is 6.25. The molecule has 4 rings (SSSR count). The quantitative estimate of drug-likeness (QED) is 0.324. The maximum absolute atomic E-state index is 13.0. The van der Waals surface area contributed by atoms with Crippen molar-refractivity contribution in [3.05, 3.63) is 94.1 Å². The van der Waals surface area contributed by atoms with Gasteiger partial charge in [0, 0.05) is 11.4 Å². The van der Waals surface area contributed by atoms with Crippen LogP contribution in [0.2, 0.25) is 0 Å². The first-order valence-electron chi connectivity index (χ1n) is 12.5. The van der Waals surface area contributed by atoms with E-state index in [9.17, 15) is 14.4 Å². The van der Waals surface area contributed by atoms with Crippen molar-refractivity contribution in [1.82, 2.24) is 0 Å². The van der Waals surface area contributed by atoms with Crippen LogP contribution in [-0.2, 0) is 20.8 Å². The lowest BCUT2D eigenvalue weighted by Gasteiger charge is -2.16. The first-order chi connectivity index (χ1) is 18.2. The second-order valence-electron chi connectivity index (χ2n) is 9.30. The summed E-state index contributed by atoms with van der Waals surface area (Å²) in [5.41, 5.74) is 4.73. The van der Waals surface area contributed by atoms with Crippen LogP contribution in [0.1, 0.15) is 43.4 Å². The Labute approximate surface area is 227 Å². The number of nitrogens with one attached hydrogen (secondary N) is 2. The molecule has 0 radical (unpaired) electrons. The number of ether oxygens (including phenoxy) is 1. The number of amides is 3. The Hall–Kier alpha value is -4.10. The molecule has 0 aliphatic carbocycles. The number of anilines is 3. The van der Waals surface area contributed by atoms with E-state index in [0.717, 1.165) is 27.3 Å². The van der Waals surface area contributed by atoms with Gasteiger partial charge in [-0.3, -0.25) is 14.4 Å². The Kier molecular flexibility index (Phi) is 8.17. The third-order valence-corrected chi connectivity index (χ3v) is 6.56. The number of carbonyl (C=O) groups is 3. The lowest BCUT2D eigenvalue weighted by Crippen LogP contribution is -2.32. The standard InChI is InChI=1S/C30H30ClN3O4/c1-5-38-23-15-13-22(14-16-23)34-29(36)26(31)28(30(34)37)32-21-11-9-20(10-12-21)17-25(35)33-27-19(4)7-6-8-24(27)18(2)3/h6-16,18,32H,5,17H2,1-4H3,(H,33,35). The highest BCUT2D eigenvalue weighted by Gasteiger charge is 2.39. The molecular formula is C30H30ClN3O4. The largest absolute Gasteiger partial charge is 0.494 e. The summed E-state index contributed by atoms with van der Waals surface area (Å²) in [6.45, 7) is 8.56. The fourth-order valence-electron chi connectivity index (χ4n) is 4.27. The molecule has 0 bridgehead atoms. The van der Waals surface area contributed by atoms with Gasteiger partial charge in [-0.15, -0.1) is 0 Å². The maximum atomic E-state index is 13.0. The number of carbonyl (C=O) groups excluding carboxylic acids is 3. The molecule has 0 fully saturated rings. The van der Waals surface area contributed by atoms with Gasteiger partial charge < -0.3 is 15.4 Å². The number of hydrogen-bond donors (Lipinski definition) is 2. The molecular weight excluding hydrogens is 502 g/mol. The molecule has 3 aromatic rings. The normalized spacial score (nSPS) is 13.4. The van der Waals surface area contributed by atoms with Gasteiger partial charge in [0.2, 0.25) is 5.91 Å². The van der Waals surface area contributed by atoms with E-state index in [1.54, 1.807) is 48.5 Å². The van der Waals surface area contributed by atoms with E-state index < -0.39 is 11.8 Å². The van der Waals surface area contributed by atoms with Crippen LogP contribution < -0.4 is 20.3 Å². The summed E-state index contributed by atoms with van der Waals surface area (Å²) in [6, 6.07) is 19.7. The SMILES string of the molecule is CCOc1ccc(N2C(=O)C(Cl)=C(Nc3ccc(CC(=O)Nc4c(C)cccc4C(C)C)cc3)C2=O)cc1. The van der Waals surface area contributed by atoms with E-state index >= 15 is 0 Å². The van der Waals surface area contributed by atoms with Crippen LogP contribution in [-0.4, -0.2) is 24.3 Å². The highest BCUT2D eigenvalue weighted by atomic mass is 35.5. The highest BCUT2D eigenvalue weighted by molar-refractivity contribution is 6.53. The molecule has 3 amide bonds. The van der Waals surface area contributed by atoms with Crippen LogP contribution in [0.5, 0.6) is 5.75 Å². The molecule has 1 heterocycles. The lowest BCUT2D eigenvalue weighted by atomic mass is 9.98. The number of para-hydroxylation sites is 1. The Bertz CT molecular complexity index is 1400. The Morgan fingerprint density at radius 1 is 0.974 bits per heavy atom. The maximum Gasteiger partial charge on any atom is 0.283 e. The third kappa shape index (κ3) is 5.73. The monoisotopic (exact) mass is 531 g/mol. The first kappa shape index (κ1) is 26.9. The topological polar surface area (TPSA) is 87.7 Å². The molecule has 0 saturated heterocycles. The molecule has 0 aromatic heterocycles. The Morgan fingerprint density at radius 2 is 1.66 bits per heavy atom. The molecule has 38 heavy (non-hydrogen) atoms.